The van der Waals surface area contributed by atoms with Gasteiger partial charge in [-0.25, -0.2) is 12.8 Å². The molecule has 0 atom stereocenters. The molecule has 0 unspecified atom stereocenters. The second-order valence-corrected chi connectivity index (χ2v) is 6.76. The predicted octanol–water partition coefficient (Wildman–Crippen LogP) is 3.28. The normalized spacial score (nSPS) is 11.3. The molecule has 0 amide bonds. The number of hydrogen-bond donors (Lipinski definition) is 2. The minimum Gasteiger partial charge on any atom is -0.398 e. The van der Waals surface area contributed by atoms with E-state index < -0.39 is 15.8 Å². The monoisotopic (exact) mass is 358 g/mol. The average molecular weight is 359 g/mol. The summed E-state index contributed by atoms with van der Waals surface area (Å²) in [5, 5.41) is 0. The first kappa shape index (κ1) is 14.8. The molecule has 0 radical (unpaired) electrons. The fourth-order valence-corrected chi connectivity index (χ4v) is 3.17. The highest BCUT2D eigenvalue weighted by atomic mass is 79.9. The number of nitrogen functional groups attached to an aromatic ring is 1. The summed E-state index contributed by atoms with van der Waals surface area (Å²) in [4.78, 5) is -0.157. The molecule has 0 saturated carbocycles. The highest BCUT2D eigenvalue weighted by Gasteiger charge is 2.18. The number of halogens is 2. The zero-order chi connectivity index (χ0) is 14.9. The van der Waals surface area contributed by atoms with Crippen LogP contribution in [0.15, 0.2) is 45.8 Å². The van der Waals surface area contributed by atoms with Gasteiger partial charge in [0.05, 0.1) is 5.69 Å². The quantitative estimate of drug-likeness (QED) is 0.827. The van der Waals surface area contributed by atoms with E-state index in [4.69, 9.17) is 5.73 Å². The Hall–Kier alpha value is -1.60. The number of sulfonamides is 1. The number of anilines is 2. The van der Waals surface area contributed by atoms with Crippen molar-refractivity contribution in [3.05, 3.63) is 52.3 Å². The second kappa shape index (κ2) is 5.41. The maximum absolute atomic E-state index is 13.0. The van der Waals surface area contributed by atoms with Crippen LogP contribution in [0.25, 0.3) is 0 Å². The van der Waals surface area contributed by atoms with E-state index in [1.165, 1.54) is 0 Å². The summed E-state index contributed by atoms with van der Waals surface area (Å²) < 4.78 is 40.5. The van der Waals surface area contributed by atoms with E-state index in [1.54, 1.807) is 18.2 Å². The summed E-state index contributed by atoms with van der Waals surface area (Å²) in [7, 11) is -3.85. The van der Waals surface area contributed by atoms with Crippen LogP contribution in [-0.2, 0) is 10.0 Å². The topological polar surface area (TPSA) is 72.2 Å². The van der Waals surface area contributed by atoms with Crippen molar-refractivity contribution in [3.8, 4) is 0 Å². The number of aryl methyl sites for hydroxylation is 1. The minimum atomic E-state index is -3.85. The number of nitrogens with one attached hydrogen (secondary N) is 1. The maximum atomic E-state index is 13.0. The zero-order valence-electron chi connectivity index (χ0n) is 10.5. The van der Waals surface area contributed by atoms with E-state index in [2.05, 4.69) is 20.7 Å². The summed E-state index contributed by atoms with van der Waals surface area (Å²) in [6.45, 7) is 1.89. The molecule has 2 aromatic carbocycles. The van der Waals surface area contributed by atoms with Crippen LogP contribution in [-0.4, -0.2) is 8.42 Å². The van der Waals surface area contributed by atoms with Crippen LogP contribution < -0.4 is 10.5 Å². The third kappa shape index (κ3) is 3.10. The summed E-state index contributed by atoms with van der Waals surface area (Å²) >= 11 is 3.32. The Balaban J connectivity index is 2.38. The van der Waals surface area contributed by atoms with Crippen LogP contribution in [0.5, 0.6) is 0 Å². The van der Waals surface area contributed by atoms with Crippen LogP contribution in [0.4, 0.5) is 15.8 Å². The fourth-order valence-electron chi connectivity index (χ4n) is 1.63. The van der Waals surface area contributed by atoms with Crippen molar-refractivity contribution in [2.24, 2.45) is 0 Å². The van der Waals surface area contributed by atoms with E-state index in [1.807, 2.05) is 6.92 Å². The lowest BCUT2D eigenvalue weighted by molar-refractivity contribution is 0.600. The maximum Gasteiger partial charge on any atom is 0.263 e. The number of rotatable bonds is 3. The van der Waals surface area contributed by atoms with Gasteiger partial charge in [0.25, 0.3) is 10.0 Å². The SMILES string of the molecule is Cc1ccc(NS(=O)(=O)c2ccc(F)cc2N)cc1Br. The van der Waals surface area contributed by atoms with Gasteiger partial charge in [0.15, 0.2) is 0 Å². The van der Waals surface area contributed by atoms with Gasteiger partial charge in [0, 0.05) is 10.2 Å². The Morgan fingerprint density at radius 1 is 1.20 bits per heavy atom. The summed E-state index contributed by atoms with van der Waals surface area (Å²) in [6.07, 6.45) is 0. The summed E-state index contributed by atoms with van der Waals surface area (Å²) in [5.41, 5.74) is 6.79. The van der Waals surface area contributed by atoms with E-state index in [0.29, 0.717) is 5.69 Å². The van der Waals surface area contributed by atoms with Crippen molar-refractivity contribution in [1.82, 2.24) is 0 Å². The smallest absolute Gasteiger partial charge is 0.263 e. The standard InChI is InChI=1S/C13H12BrFN2O2S/c1-8-2-4-10(7-11(8)14)17-20(18,19)13-5-3-9(15)6-12(13)16/h2-7,17H,16H2,1H3. The van der Waals surface area contributed by atoms with Crippen LogP contribution in [0.2, 0.25) is 0 Å². The molecule has 2 aromatic rings. The van der Waals surface area contributed by atoms with Gasteiger partial charge in [-0.2, -0.15) is 0 Å². The molecule has 0 bridgehead atoms. The van der Waals surface area contributed by atoms with Crippen molar-refractivity contribution >= 4 is 37.3 Å². The third-order valence-corrected chi connectivity index (χ3v) is 4.99. The molecule has 106 valence electrons. The Morgan fingerprint density at radius 2 is 1.90 bits per heavy atom. The lowest BCUT2D eigenvalue weighted by Gasteiger charge is -2.11. The van der Waals surface area contributed by atoms with Crippen LogP contribution in [0.3, 0.4) is 0 Å². The molecule has 2 rings (SSSR count). The molecule has 0 aliphatic heterocycles. The molecule has 0 aromatic heterocycles. The van der Waals surface area contributed by atoms with Gasteiger partial charge in [0.2, 0.25) is 0 Å². The molecule has 0 heterocycles. The Bertz CT molecular complexity index is 763. The Labute approximate surface area is 125 Å². The molecule has 0 aliphatic carbocycles. The van der Waals surface area contributed by atoms with Gasteiger partial charge in [-0.3, -0.25) is 4.72 Å². The van der Waals surface area contributed by atoms with Crippen LogP contribution in [0, 0.1) is 12.7 Å². The van der Waals surface area contributed by atoms with Crippen molar-refractivity contribution in [2.45, 2.75) is 11.8 Å². The molecular weight excluding hydrogens is 347 g/mol. The molecular formula is C13H12BrFN2O2S. The van der Waals surface area contributed by atoms with Crippen LogP contribution >= 0.6 is 15.9 Å². The molecule has 3 N–H and O–H groups in total. The first-order chi connectivity index (χ1) is 9.29. The highest BCUT2D eigenvalue weighted by molar-refractivity contribution is 9.10. The lowest BCUT2D eigenvalue weighted by atomic mass is 10.2. The Kier molecular flexibility index (Phi) is 4.01. The Morgan fingerprint density at radius 3 is 2.50 bits per heavy atom. The third-order valence-electron chi connectivity index (χ3n) is 2.69. The largest absolute Gasteiger partial charge is 0.398 e. The number of benzene rings is 2. The molecule has 4 nitrogen and oxygen atoms in total. The van der Waals surface area contributed by atoms with E-state index in [-0.39, 0.29) is 10.6 Å². The molecule has 7 heteroatoms. The number of nitrogens with two attached hydrogens (primary N) is 1. The van der Waals surface area contributed by atoms with Crippen molar-refractivity contribution < 1.29 is 12.8 Å². The van der Waals surface area contributed by atoms with Crippen LogP contribution in [0.1, 0.15) is 5.56 Å². The summed E-state index contributed by atoms with van der Waals surface area (Å²) in [6, 6.07) is 8.21. The molecule has 0 fully saturated rings. The number of hydrogen-bond acceptors (Lipinski definition) is 3. The molecule has 0 aliphatic rings. The van der Waals surface area contributed by atoms with Gasteiger partial charge in [-0.1, -0.05) is 22.0 Å². The molecule has 0 saturated heterocycles. The predicted molar refractivity (Wildman–Crippen MR) is 80.5 cm³/mol. The highest BCUT2D eigenvalue weighted by Crippen LogP contribution is 2.25. The lowest BCUT2D eigenvalue weighted by Crippen LogP contribution is -2.15. The van der Waals surface area contributed by atoms with E-state index >= 15 is 0 Å². The van der Waals surface area contributed by atoms with Gasteiger partial charge >= 0.3 is 0 Å². The minimum absolute atomic E-state index is 0.135. The summed E-state index contributed by atoms with van der Waals surface area (Å²) in [5.74, 6) is -0.584. The van der Waals surface area contributed by atoms with E-state index in [9.17, 15) is 12.8 Å². The van der Waals surface area contributed by atoms with E-state index in [0.717, 1.165) is 28.2 Å². The average Bonchev–Trinajstić information content (AvgIpc) is 2.33. The van der Waals surface area contributed by atoms with Gasteiger partial charge in [-0.15, -0.1) is 0 Å². The zero-order valence-corrected chi connectivity index (χ0v) is 12.9. The van der Waals surface area contributed by atoms with Crippen molar-refractivity contribution in [2.75, 3.05) is 10.5 Å². The van der Waals surface area contributed by atoms with Gasteiger partial charge in [0.1, 0.15) is 10.7 Å². The first-order valence-corrected chi connectivity index (χ1v) is 7.91. The van der Waals surface area contributed by atoms with Crippen molar-refractivity contribution in [3.63, 3.8) is 0 Å². The second-order valence-electron chi connectivity index (χ2n) is 4.25. The fraction of sp³-hybridized carbons (Fsp3) is 0.0769. The molecule has 20 heavy (non-hydrogen) atoms. The van der Waals surface area contributed by atoms with Gasteiger partial charge in [-0.05, 0) is 42.8 Å². The first-order valence-electron chi connectivity index (χ1n) is 5.63. The molecule has 0 spiro atoms. The van der Waals surface area contributed by atoms with Crippen molar-refractivity contribution in [1.29, 1.82) is 0 Å². The van der Waals surface area contributed by atoms with Gasteiger partial charge < -0.3 is 5.73 Å².